The lowest BCUT2D eigenvalue weighted by Gasteiger charge is -1.96. The molecule has 0 fully saturated rings. The van der Waals surface area contributed by atoms with Crippen LogP contribution in [0.4, 0.5) is 5.82 Å². The molecule has 1 aromatic carbocycles. The van der Waals surface area contributed by atoms with Crippen molar-refractivity contribution in [2.24, 2.45) is 7.05 Å². The summed E-state index contributed by atoms with van der Waals surface area (Å²) >= 11 is 0. The van der Waals surface area contributed by atoms with Crippen molar-refractivity contribution in [3.05, 3.63) is 29.8 Å². The summed E-state index contributed by atoms with van der Waals surface area (Å²) in [6.07, 6.45) is 0. The second-order valence-electron chi connectivity index (χ2n) is 2.95. The molecule has 2 aromatic rings. The van der Waals surface area contributed by atoms with Crippen LogP contribution in [0.5, 0.6) is 0 Å². The normalized spacial score (nSPS) is 10.2. The van der Waals surface area contributed by atoms with Crippen LogP contribution in [0.15, 0.2) is 24.3 Å². The summed E-state index contributed by atoms with van der Waals surface area (Å²) in [5, 5.41) is 9.81. The fraction of sp³-hybridized carbons (Fsp3) is 0.100. The molecule has 0 atom stereocenters. The number of aromatic nitrogens is 1. The summed E-state index contributed by atoms with van der Waals surface area (Å²) in [6.45, 7) is 0. The molecule has 0 saturated carbocycles. The van der Waals surface area contributed by atoms with E-state index >= 15 is 0 Å². The lowest BCUT2D eigenvalue weighted by atomic mass is 10.2. The SMILES string of the molecule is Cn1c(N)c(C#N)c2ccccc21. The van der Waals surface area contributed by atoms with Crippen molar-refractivity contribution in [3.63, 3.8) is 0 Å². The minimum Gasteiger partial charge on any atom is -0.384 e. The Morgan fingerprint density at radius 1 is 1.38 bits per heavy atom. The number of benzene rings is 1. The lowest BCUT2D eigenvalue weighted by Crippen LogP contribution is -1.96. The summed E-state index contributed by atoms with van der Waals surface area (Å²) < 4.78 is 1.83. The third kappa shape index (κ3) is 0.890. The number of fused-ring (bicyclic) bond motifs is 1. The third-order valence-corrected chi connectivity index (χ3v) is 2.26. The van der Waals surface area contributed by atoms with E-state index in [1.165, 1.54) is 0 Å². The van der Waals surface area contributed by atoms with Crippen LogP contribution in [0.2, 0.25) is 0 Å². The maximum atomic E-state index is 8.89. The van der Waals surface area contributed by atoms with Gasteiger partial charge in [-0.15, -0.1) is 0 Å². The predicted octanol–water partition coefficient (Wildman–Crippen LogP) is 1.63. The zero-order valence-electron chi connectivity index (χ0n) is 7.28. The van der Waals surface area contributed by atoms with Crippen LogP contribution in [0.25, 0.3) is 10.9 Å². The minimum atomic E-state index is 0.531. The number of para-hydroxylation sites is 1. The Balaban J connectivity index is 3.00. The topological polar surface area (TPSA) is 54.7 Å². The van der Waals surface area contributed by atoms with E-state index in [1.54, 1.807) is 0 Å². The quantitative estimate of drug-likeness (QED) is 0.655. The number of nitrogens with zero attached hydrogens (tertiary/aromatic N) is 2. The number of hydrogen-bond donors (Lipinski definition) is 1. The molecule has 64 valence electrons. The molecule has 1 heterocycles. The van der Waals surface area contributed by atoms with Crippen LogP contribution in [-0.2, 0) is 7.05 Å². The van der Waals surface area contributed by atoms with Gasteiger partial charge in [0.15, 0.2) is 0 Å². The van der Waals surface area contributed by atoms with Crippen molar-refractivity contribution in [1.29, 1.82) is 5.26 Å². The second kappa shape index (κ2) is 2.53. The monoisotopic (exact) mass is 171 g/mol. The Bertz CT molecular complexity index is 503. The van der Waals surface area contributed by atoms with Crippen molar-refractivity contribution in [2.45, 2.75) is 0 Å². The van der Waals surface area contributed by atoms with Crippen LogP contribution in [0, 0.1) is 11.3 Å². The first-order valence-corrected chi connectivity index (χ1v) is 3.98. The summed E-state index contributed by atoms with van der Waals surface area (Å²) in [7, 11) is 1.86. The van der Waals surface area contributed by atoms with E-state index in [0.29, 0.717) is 11.4 Å². The van der Waals surface area contributed by atoms with Crippen molar-refractivity contribution >= 4 is 16.7 Å². The van der Waals surface area contributed by atoms with E-state index in [9.17, 15) is 0 Å². The Hall–Kier alpha value is -1.95. The fourth-order valence-corrected chi connectivity index (χ4v) is 1.53. The van der Waals surface area contributed by atoms with Crippen LogP contribution in [0.1, 0.15) is 5.56 Å². The fourth-order valence-electron chi connectivity index (χ4n) is 1.53. The first-order chi connectivity index (χ1) is 6.25. The molecule has 0 saturated heterocycles. The average Bonchev–Trinajstić information content (AvgIpc) is 2.41. The van der Waals surface area contributed by atoms with Gasteiger partial charge in [-0.05, 0) is 6.07 Å². The van der Waals surface area contributed by atoms with E-state index in [4.69, 9.17) is 11.0 Å². The highest BCUT2D eigenvalue weighted by molar-refractivity contribution is 5.91. The van der Waals surface area contributed by atoms with Crippen molar-refractivity contribution in [1.82, 2.24) is 4.57 Å². The highest BCUT2D eigenvalue weighted by Crippen LogP contribution is 2.25. The zero-order valence-corrected chi connectivity index (χ0v) is 7.28. The number of nitrogen functional groups attached to an aromatic ring is 1. The van der Waals surface area contributed by atoms with Crippen LogP contribution >= 0.6 is 0 Å². The Labute approximate surface area is 76.0 Å². The van der Waals surface area contributed by atoms with Gasteiger partial charge < -0.3 is 10.3 Å². The van der Waals surface area contributed by atoms with E-state index in [-0.39, 0.29) is 0 Å². The Kier molecular flexibility index (Phi) is 1.49. The molecule has 3 nitrogen and oxygen atoms in total. The molecule has 0 aliphatic carbocycles. The average molecular weight is 171 g/mol. The minimum absolute atomic E-state index is 0.531. The third-order valence-electron chi connectivity index (χ3n) is 2.26. The van der Waals surface area contributed by atoms with Gasteiger partial charge in [0.1, 0.15) is 17.5 Å². The molecule has 2 N–H and O–H groups in total. The molecule has 0 aliphatic rings. The van der Waals surface area contributed by atoms with Gasteiger partial charge in [-0.1, -0.05) is 18.2 Å². The van der Waals surface area contributed by atoms with Crippen molar-refractivity contribution in [3.8, 4) is 6.07 Å². The van der Waals surface area contributed by atoms with E-state index in [2.05, 4.69) is 6.07 Å². The number of nitriles is 1. The maximum absolute atomic E-state index is 8.89. The van der Waals surface area contributed by atoms with E-state index in [0.717, 1.165) is 10.9 Å². The van der Waals surface area contributed by atoms with Crippen LogP contribution in [-0.4, -0.2) is 4.57 Å². The molecule has 13 heavy (non-hydrogen) atoms. The molecule has 0 unspecified atom stereocenters. The molecule has 1 aromatic heterocycles. The lowest BCUT2D eigenvalue weighted by molar-refractivity contribution is 0.981. The molecular weight excluding hydrogens is 162 g/mol. The second-order valence-corrected chi connectivity index (χ2v) is 2.95. The Morgan fingerprint density at radius 3 is 2.77 bits per heavy atom. The standard InChI is InChI=1S/C10H9N3/c1-13-9-5-3-2-4-7(9)8(6-11)10(13)12/h2-5H,12H2,1H3. The number of nitrogens with two attached hydrogens (primary N) is 1. The number of hydrogen-bond acceptors (Lipinski definition) is 2. The predicted molar refractivity (Wildman–Crippen MR) is 52.0 cm³/mol. The van der Waals surface area contributed by atoms with Gasteiger partial charge in [-0.2, -0.15) is 5.26 Å². The first-order valence-electron chi connectivity index (χ1n) is 3.98. The molecular formula is C10H9N3. The highest BCUT2D eigenvalue weighted by atomic mass is 15.0. The van der Waals surface area contributed by atoms with Crippen LogP contribution < -0.4 is 5.73 Å². The molecule has 0 spiro atoms. The summed E-state index contributed by atoms with van der Waals surface area (Å²) in [5.41, 5.74) is 7.33. The molecule has 2 rings (SSSR count). The van der Waals surface area contributed by atoms with E-state index < -0.39 is 0 Å². The summed E-state index contributed by atoms with van der Waals surface area (Å²) in [5.74, 6) is 0.531. The molecule has 0 radical (unpaired) electrons. The number of rotatable bonds is 0. The summed E-state index contributed by atoms with van der Waals surface area (Å²) in [4.78, 5) is 0. The van der Waals surface area contributed by atoms with Crippen LogP contribution in [0.3, 0.4) is 0 Å². The zero-order chi connectivity index (χ0) is 9.42. The molecule has 3 heteroatoms. The Morgan fingerprint density at radius 2 is 2.08 bits per heavy atom. The van der Waals surface area contributed by atoms with Gasteiger partial charge in [0.25, 0.3) is 0 Å². The first kappa shape index (κ1) is 7.69. The molecule has 0 amide bonds. The molecule has 0 bridgehead atoms. The van der Waals surface area contributed by atoms with Gasteiger partial charge in [-0.3, -0.25) is 0 Å². The van der Waals surface area contributed by atoms with Crippen molar-refractivity contribution in [2.75, 3.05) is 5.73 Å². The van der Waals surface area contributed by atoms with Gasteiger partial charge in [0, 0.05) is 12.4 Å². The summed E-state index contributed by atoms with van der Waals surface area (Å²) in [6, 6.07) is 9.81. The largest absolute Gasteiger partial charge is 0.384 e. The van der Waals surface area contributed by atoms with Gasteiger partial charge in [0.2, 0.25) is 0 Å². The van der Waals surface area contributed by atoms with Crippen molar-refractivity contribution < 1.29 is 0 Å². The maximum Gasteiger partial charge on any atom is 0.122 e. The number of aryl methyl sites for hydroxylation is 1. The van der Waals surface area contributed by atoms with E-state index in [1.807, 2.05) is 35.9 Å². The van der Waals surface area contributed by atoms with Gasteiger partial charge >= 0.3 is 0 Å². The smallest absolute Gasteiger partial charge is 0.122 e. The highest BCUT2D eigenvalue weighted by Gasteiger charge is 2.10. The van der Waals surface area contributed by atoms with Gasteiger partial charge in [0.05, 0.1) is 5.52 Å². The van der Waals surface area contributed by atoms with Gasteiger partial charge in [-0.25, -0.2) is 0 Å². The number of anilines is 1. The molecule has 0 aliphatic heterocycles.